The number of sulfonamides is 1. The number of aromatic carboxylic acids is 1. The molecule has 1 amide bonds. The molecule has 0 aliphatic carbocycles. The molecular weight excluding hydrogens is 518 g/mol. The Balaban J connectivity index is 1.36. The van der Waals surface area contributed by atoms with Crippen molar-refractivity contribution in [3.05, 3.63) is 130 Å². The van der Waals surface area contributed by atoms with Crippen LogP contribution in [0.1, 0.15) is 43.4 Å². The fourth-order valence-corrected chi connectivity index (χ4v) is 6.13. The number of carboxylic acids is 1. The van der Waals surface area contributed by atoms with Gasteiger partial charge in [-0.15, -0.1) is 4.91 Å². The number of nitrogens with zero attached hydrogens (tertiary/aromatic N) is 2. The molecule has 4 aromatic rings. The van der Waals surface area contributed by atoms with Crippen molar-refractivity contribution in [1.29, 1.82) is 0 Å². The summed E-state index contributed by atoms with van der Waals surface area (Å²) in [6.45, 7) is 0.336. The highest BCUT2D eigenvalue weighted by atomic mass is 32.2. The van der Waals surface area contributed by atoms with Gasteiger partial charge in [-0.2, -0.15) is 0 Å². The second kappa shape index (κ2) is 10.5. The van der Waals surface area contributed by atoms with E-state index in [0.29, 0.717) is 29.8 Å². The third-order valence-corrected chi connectivity index (χ3v) is 8.44. The van der Waals surface area contributed by atoms with E-state index in [9.17, 15) is 28.0 Å². The first kappa shape index (κ1) is 25.8. The molecule has 0 aromatic heterocycles. The summed E-state index contributed by atoms with van der Waals surface area (Å²) < 4.78 is 27.8. The van der Waals surface area contributed by atoms with Crippen molar-refractivity contribution in [3.8, 4) is 0 Å². The smallest absolute Gasteiger partial charge is 0.337 e. The number of benzene rings is 4. The number of hydrogen-bond donors (Lipinski definition) is 2. The zero-order chi connectivity index (χ0) is 27.6. The predicted molar refractivity (Wildman–Crippen MR) is 147 cm³/mol. The molecule has 39 heavy (non-hydrogen) atoms. The Hall–Kier alpha value is -4.83. The Bertz CT molecular complexity index is 1670. The third kappa shape index (κ3) is 5.01. The topological polar surface area (TPSA) is 133 Å². The molecule has 2 N–H and O–H groups in total. The summed E-state index contributed by atoms with van der Waals surface area (Å²) in [5.74, 6) is -1.91. The Labute approximate surface area is 224 Å². The first-order valence-electron chi connectivity index (χ1n) is 12.1. The molecule has 10 heteroatoms. The lowest BCUT2D eigenvalue weighted by Crippen LogP contribution is -2.29. The number of carbonyl (C=O) groups excluding carboxylic acids is 1. The van der Waals surface area contributed by atoms with Gasteiger partial charge in [0, 0.05) is 12.1 Å². The molecule has 0 saturated carbocycles. The Morgan fingerprint density at radius 3 is 2.26 bits per heavy atom. The molecule has 0 fully saturated rings. The highest BCUT2D eigenvalue weighted by molar-refractivity contribution is 7.92. The maximum atomic E-state index is 13.2. The molecule has 4 aromatic carbocycles. The predicted octanol–water partition coefficient (Wildman–Crippen LogP) is 5.24. The van der Waals surface area contributed by atoms with Gasteiger partial charge in [-0.1, -0.05) is 59.8 Å². The lowest BCUT2D eigenvalue weighted by molar-refractivity contribution is 0.0698. The molecule has 1 heterocycles. The van der Waals surface area contributed by atoms with Crippen molar-refractivity contribution in [1.82, 2.24) is 0 Å². The molecule has 5 rings (SSSR count). The second-order valence-electron chi connectivity index (χ2n) is 8.96. The van der Waals surface area contributed by atoms with Crippen LogP contribution in [0.15, 0.2) is 107 Å². The van der Waals surface area contributed by atoms with Crippen LogP contribution in [0.3, 0.4) is 0 Å². The summed E-state index contributed by atoms with van der Waals surface area (Å²) in [7, 11) is -3.82. The molecule has 9 nitrogen and oxygen atoms in total. The third-order valence-electron chi connectivity index (χ3n) is 6.61. The van der Waals surface area contributed by atoms with Crippen molar-refractivity contribution in [2.75, 3.05) is 16.2 Å². The molecule has 0 spiro atoms. The van der Waals surface area contributed by atoms with E-state index in [0.717, 1.165) is 5.56 Å². The number of carboxylic acid groups (broad SMARTS) is 1. The maximum absolute atomic E-state index is 13.2. The number of amides is 1. The Morgan fingerprint density at radius 1 is 0.872 bits per heavy atom. The average Bonchev–Trinajstić information content (AvgIpc) is 3.40. The summed E-state index contributed by atoms with van der Waals surface area (Å²) in [6, 6.07) is 24.8. The van der Waals surface area contributed by atoms with Gasteiger partial charge in [0.15, 0.2) is 0 Å². The normalized spacial score (nSPS) is 13.4. The molecule has 0 bridgehead atoms. The molecule has 1 aliphatic heterocycles. The summed E-state index contributed by atoms with van der Waals surface area (Å²) in [4.78, 5) is 36.5. The van der Waals surface area contributed by atoms with Crippen molar-refractivity contribution >= 4 is 33.3 Å². The first-order valence-corrected chi connectivity index (χ1v) is 13.5. The molecule has 0 radical (unpaired) electrons. The first-order chi connectivity index (χ1) is 18.8. The van der Waals surface area contributed by atoms with Gasteiger partial charge in [0.1, 0.15) is 6.04 Å². The van der Waals surface area contributed by atoms with E-state index in [4.69, 9.17) is 0 Å². The van der Waals surface area contributed by atoms with Gasteiger partial charge in [0.05, 0.1) is 21.8 Å². The SMILES string of the molecule is O=NC(c1ccccc1)c1ccc(NC(=O)c2ccc(S(=O)(=O)N3CCc4ccccc43)cc2)c(C(=O)O)c1. The van der Waals surface area contributed by atoms with Gasteiger partial charge < -0.3 is 10.4 Å². The molecule has 1 aliphatic rings. The van der Waals surface area contributed by atoms with Gasteiger partial charge in [0.2, 0.25) is 0 Å². The fourth-order valence-electron chi connectivity index (χ4n) is 4.63. The van der Waals surface area contributed by atoms with Crippen LogP contribution in [0, 0.1) is 4.91 Å². The number of nitrogens with one attached hydrogen (secondary N) is 1. The van der Waals surface area contributed by atoms with Crippen LogP contribution in [0.25, 0.3) is 0 Å². The minimum Gasteiger partial charge on any atom is -0.478 e. The van der Waals surface area contributed by atoms with Crippen LogP contribution in [-0.4, -0.2) is 31.9 Å². The fraction of sp³-hybridized carbons (Fsp3) is 0.103. The zero-order valence-electron chi connectivity index (χ0n) is 20.5. The van der Waals surface area contributed by atoms with Crippen molar-refractivity contribution < 1.29 is 23.1 Å². The molecule has 1 atom stereocenters. The van der Waals surface area contributed by atoms with Crippen LogP contribution in [0.2, 0.25) is 0 Å². The summed E-state index contributed by atoms with van der Waals surface area (Å²) in [5.41, 5.74) is 2.53. The van der Waals surface area contributed by atoms with E-state index in [1.165, 1.54) is 46.8 Å². The maximum Gasteiger partial charge on any atom is 0.337 e. The molecule has 196 valence electrons. The summed E-state index contributed by atoms with van der Waals surface area (Å²) in [5, 5.41) is 15.5. The lowest BCUT2D eigenvalue weighted by Gasteiger charge is -2.19. The molecule has 1 unspecified atom stereocenters. The number of anilines is 2. The van der Waals surface area contributed by atoms with Crippen LogP contribution in [-0.2, 0) is 16.4 Å². The lowest BCUT2D eigenvalue weighted by atomic mass is 9.97. The minimum atomic E-state index is -3.82. The number of para-hydroxylation sites is 1. The van der Waals surface area contributed by atoms with E-state index in [-0.39, 0.29) is 21.7 Å². The number of hydrogen-bond acceptors (Lipinski definition) is 6. The van der Waals surface area contributed by atoms with E-state index >= 15 is 0 Å². The standard InChI is InChI=1S/C29H23N3O6S/c33-28(21-10-13-23(14-11-21)39(37,38)32-17-16-19-6-4-5-9-26(19)32)30-25-15-12-22(18-24(25)29(34)35)27(31-36)20-7-2-1-3-8-20/h1-15,18,27H,16-17H2,(H,30,33)(H,34,35). The van der Waals surface area contributed by atoms with Crippen molar-refractivity contribution in [3.63, 3.8) is 0 Å². The van der Waals surface area contributed by atoms with Crippen molar-refractivity contribution in [2.45, 2.75) is 17.4 Å². The van der Waals surface area contributed by atoms with E-state index in [2.05, 4.69) is 10.5 Å². The quantitative estimate of drug-likeness (QED) is 0.293. The second-order valence-corrected chi connectivity index (χ2v) is 10.8. The molecular formula is C29H23N3O6S. The largest absolute Gasteiger partial charge is 0.478 e. The van der Waals surface area contributed by atoms with Gasteiger partial charge in [0.25, 0.3) is 15.9 Å². The van der Waals surface area contributed by atoms with Crippen LogP contribution in [0.5, 0.6) is 0 Å². The van der Waals surface area contributed by atoms with E-state index < -0.39 is 27.9 Å². The van der Waals surface area contributed by atoms with Gasteiger partial charge >= 0.3 is 5.97 Å². The number of carbonyl (C=O) groups is 2. The van der Waals surface area contributed by atoms with E-state index in [1.807, 2.05) is 12.1 Å². The number of nitroso groups, excluding NO2 is 1. The number of rotatable bonds is 8. The highest BCUT2D eigenvalue weighted by Gasteiger charge is 2.30. The minimum absolute atomic E-state index is 0.0272. The number of fused-ring (bicyclic) bond motifs is 1. The van der Waals surface area contributed by atoms with Gasteiger partial charge in [-0.05, 0) is 65.6 Å². The van der Waals surface area contributed by atoms with Crippen molar-refractivity contribution in [2.24, 2.45) is 5.18 Å². The summed E-state index contributed by atoms with van der Waals surface area (Å²) >= 11 is 0. The molecule has 0 saturated heterocycles. The highest BCUT2D eigenvalue weighted by Crippen LogP contribution is 2.33. The van der Waals surface area contributed by atoms with Gasteiger partial charge in [-0.3, -0.25) is 9.10 Å². The Kier molecular flexibility index (Phi) is 6.95. The van der Waals surface area contributed by atoms with Crippen LogP contribution >= 0.6 is 0 Å². The van der Waals surface area contributed by atoms with E-state index in [1.54, 1.807) is 42.5 Å². The monoisotopic (exact) mass is 541 g/mol. The van der Waals surface area contributed by atoms with Crippen LogP contribution in [0.4, 0.5) is 11.4 Å². The summed E-state index contributed by atoms with van der Waals surface area (Å²) in [6.07, 6.45) is 0.621. The Morgan fingerprint density at radius 2 is 1.56 bits per heavy atom. The average molecular weight is 542 g/mol. The van der Waals surface area contributed by atoms with Crippen LogP contribution < -0.4 is 9.62 Å². The van der Waals surface area contributed by atoms with Gasteiger partial charge in [-0.25, -0.2) is 13.2 Å². The zero-order valence-corrected chi connectivity index (χ0v) is 21.3.